The van der Waals surface area contributed by atoms with Crippen LogP contribution in [0.2, 0.25) is 0 Å². The molecule has 0 fully saturated rings. The van der Waals surface area contributed by atoms with Crippen LogP contribution in [0.1, 0.15) is 52.2 Å². The number of benzene rings is 1. The quantitative estimate of drug-likeness (QED) is 0.821. The van der Waals surface area contributed by atoms with E-state index in [4.69, 9.17) is 4.74 Å². The van der Waals surface area contributed by atoms with E-state index in [0.29, 0.717) is 11.7 Å². The molecule has 0 amide bonds. The minimum absolute atomic E-state index is 0.140. The van der Waals surface area contributed by atoms with E-state index in [-0.39, 0.29) is 5.41 Å². The monoisotopic (exact) mass is 277 g/mol. The maximum atomic E-state index is 10.4. The summed E-state index contributed by atoms with van der Waals surface area (Å²) < 4.78 is 5.32. The van der Waals surface area contributed by atoms with Crippen molar-refractivity contribution in [1.29, 1.82) is 0 Å². The zero-order valence-electron chi connectivity index (χ0n) is 13.5. The van der Waals surface area contributed by atoms with E-state index < -0.39 is 0 Å². The summed E-state index contributed by atoms with van der Waals surface area (Å²) in [5, 5.41) is 10.4. The fourth-order valence-corrected chi connectivity index (χ4v) is 1.91. The van der Waals surface area contributed by atoms with E-state index in [1.54, 1.807) is 13.3 Å². The summed E-state index contributed by atoms with van der Waals surface area (Å²) in [6.07, 6.45) is 2.79. The van der Waals surface area contributed by atoms with Crippen LogP contribution in [0.15, 0.2) is 17.1 Å². The lowest BCUT2D eigenvalue weighted by Crippen LogP contribution is -2.12. The van der Waals surface area contributed by atoms with Gasteiger partial charge in [0.1, 0.15) is 11.5 Å². The third-order valence-corrected chi connectivity index (χ3v) is 3.22. The normalized spacial score (nSPS) is 12.3. The van der Waals surface area contributed by atoms with Gasteiger partial charge in [-0.25, -0.2) is 0 Å². The molecule has 3 nitrogen and oxygen atoms in total. The summed E-state index contributed by atoms with van der Waals surface area (Å²) in [4.78, 5) is 4.40. The molecule has 20 heavy (non-hydrogen) atoms. The molecule has 0 aromatic heterocycles. The zero-order valence-corrected chi connectivity index (χ0v) is 13.5. The molecule has 0 heterocycles. The van der Waals surface area contributed by atoms with Gasteiger partial charge < -0.3 is 9.84 Å². The van der Waals surface area contributed by atoms with Crippen LogP contribution < -0.4 is 4.74 Å². The van der Waals surface area contributed by atoms with E-state index in [2.05, 4.69) is 39.6 Å². The first-order chi connectivity index (χ1) is 9.25. The molecule has 1 aromatic carbocycles. The molecule has 3 heteroatoms. The number of hydrogen-bond acceptors (Lipinski definition) is 3. The molecule has 1 aromatic rings. The molecular weight excluding hydrogens is 250 g/mol. The highest BCUT2D eigenvalue weighted by Gasteiger charge is 2.21. The molecule has 0 saturated heterocycles. The number of ether oxygens (including phenoxy) is 1. The molecule has 0 aliphatic carbocycles. The number of nitrogens with zero attached hydrogens (tertiary/aromatic N) is 1. The van der Waals surface area contributed by atoms with Gasteiger partial charge >= 0.3 is 0 Å². The molecule has 1 N–H and O–H groups in total. The summed E-state index contributed by atoms with van der Waals surface area (Å²) in [5.41, 5.74) is 1.46. The molecule has 0 radical (unpaired) electrons. The van der Waals surface area contributed by atoms with Crippen LogP contribution in [0.4, 0.5) is 0 Å². The second kappa shape index (κ2) is 6.78. The van der Waals surface area contributed by atoms with Gasteiger partial charge in [0.15, 0.2) is 0 Å². The lowest BCUT2D eigenvalue weighted by Gasteiger charge is -2.22. The number of phenolic OH excluding ortho intramolecular Hbond substituents is 1. The first kappa shape index (κ1) is 16.5. The van der Waals surface area contributed by atoms with Crippen molar-refractivity contribution in [3.8, 4) is 11.5 Å². The fourth-order valence-electron chi connectivity index (χ4n) is 1.91. The molecule has 0 atom stereocenters. The second-order valence-corrected chi connectivity index (χ2v) is 6.58. The predicted molar refractivity (Wildman–Crippen MR) is 85.3 cm³/mol. The van der Waals surface area contributed by atoms with Crippen LogP contribution in [0.25, 0.3) is 0 Å². The van der Waals surface area contributed by atoms with Crippen LogP contribution >= 0.6 is 0 Å². The van der Waals surface area contributed by atoms with Crippen molar-refractivity contribution < 1.29 is 9.84 Å². The van der Waals surface area contributed by atoms with Gasteiger partial charge in [-0.1, -0.05) is 34.6 Å². The zero-order chi connectivity index (χ0) is 15.3. The molecule has 0 aliphatic rings. The van der Waals surface area contributed by atoms with E-state index in [1.165, 1.54) is 0 Å². The van der Waals surface area contributed by atoms with Crippen LogP contribution in [0, 0.1) is 5.92 Å². The summed E-state index contributed by atoms with van der Waals surface area (Å²) >= 11 is 0. The Morgan fingerprint density at radius 2 is 1.95 bits per heavy atom. The average molecular weight is 277 g/mol. The van der Waals surface area contributed by atoms with E-state index in [9.17, 15) is 5.11 Å². The molecule has 0 aliphatic heterocycles. The van der Waals surface area contributed by atoms with Gasteiger partial charge in [0.25, 0.3) is 0 Å². The Bertz CT molecular complexity index is 471. The Morgan fingerprint density at radius 3 is 2.45 bits per heavy atom. The Morgan fingerprint density at radius 1 is 1.30 bits per heavy atom. The minimum Gasteiger partial charge on any atom is -0.507 e. The fraction of sp³-hybridized carbons (Fsp3) is 0.588. The molecule has 0 spiro atoms. The van der Waals surface area contributed by atoms with Crippen molar-refractivity contribution in [2.75, 3.05) is 13.7 Å². The smallest absolute Gasteiger partial charge is 0.128 e. The standard InChI is InChI=1S/C17H27NO2/c1-12(2)7-8-18-11-13-9-14(20-6)10-15(16(13)19)17(3,4)5/h9-12,19H,7-8H2,1-6H3. The summed E-state index contributed by atoms with van der Waals surface area (Å²) in [6.45, 7) is 11.3. The van der Waals surface area contributed by atoms with Gasteiger partial charge in [-0.05, 0) is 29.9 Å². The average Bonchev–Trinajstić information content (AvgIpc) is 2.34. The number of hydrogen-bond donors (Lipinski definition) is 1. The van der Waals surface area contributed by atoms with Gasteiger partial charge in [0.2, 0.25) is 0 Å². The Hall–Kier alpha value is -1.51. The molecule has 0 bridgehead atoms. The third kappa shape index (κ3) is 4.55. The van der Waals surface area contributed by atoms with Crippen molar-refractivity contribution in [2.24, 2.45) is 10.9 Å². The second-order valence-electron chi connectivity index (χ2n) is 6.58. The van der Waals surface area contributed by atoms with Crippen LogP contribution in [-0.2, 0) is 5.41 Å². The topological polar surface area (TPSA) is 41.8 Å². The molecular formula is C17H27NO2. The van der Waals surface area contributed by atoms with Crippen molar-refractivity contribution >= 4 is 6.21 Å². The van der Waals surface area contributed by atoms with Crippen LogP contribution in [-0.4, -0.2) is 25.0 Å². The van der Waals surface area contributed by atoms with E-state index in [1.807, 2.05) is 12.1 Å². The van der Waals surface area contributed by atoms with Gasteiger partial charge in [0.05, 0.1) is 7.11 Å². The number of rotatable bonds is 5. The SMILES string of the molecule is COc1cc(C=NCCC(C)C)c(O)c(C(C)(C)C)c1. The summed E-state index contributed by atoms with van der Waals surface area (Å²) in [6, 6.07) is 3.71. The Labute approximate surface area is 122 Å². The van der Waals surface area contributed by atoms with Crippen molar-refractivity contribution in [1.82, 2.24) is 0 Å². The van der Waals surface area contributed by atoms with E-state index in [0.717, 1.165) is 29.8 Å². The minimum atomic E-state index is -0.140. The Kier molecular flexibility index (Phi) is 5.61. The highest BCUT2D eigenvalue weighted by Crippen LogP contribution is 2.36. The number of phenols is 1. The number of aliphatic imine (C=N–C) groups is 1. The molecule has 1 rings (SSSR count). The van der Waals surface area contributed by atoms with Crippen molar-refractivity contribution in [3.05, 3.63) is 23.3 Å². The maximum Gasteiger partial charge on any atom is 0.128 e. The lowest BCUT2D eigenvalue weighted by atomic mass is 9.85. The van der Waals surface area contributed by atoms with E-state index >= 15 is 0 Å². The van der Waals surface area contributed by atoms with Crippen LogP contribution in [0.5, 0.6) is 11.5 Å². The maximum absolute atomic E-state index is 10.4. The third-order valence-electron chi connectivity index (χ3n) is 3.22. The largest absolute Gasteiger partial charge is 0.507 e. The molecule has 0 saturated carbocycles. The van der Waals surface area contributed by atoms with Crippen LogP contribution in [0.3, 0.4) is 0 Å². The number of aromatic hydroxyl groups is 1. The van der Waals surface area contributed by atoms with Gasteiger partial charge in [-0.3, -0.25) is 4.99 Å². The highest BCUT2D eigenvalue weighted by atomic mass is 16.5. The summed E-state index contributed by atoms with van der Waals surface area (Å²) in [5.74, 6) is 1.68. The first-order valence-corrected chi connectivity index (χ1v) is 7.17. The van der Waals surface area contributed by atoms with Gasteiger partial charge in [-0.2, -0.15) is 0 Å². The number of methoxy groups -OCH3 is 1. The van der Waals surface area contributed by atoms with Gasteiger partial charge in [-0.15, -0.1) is 0 Å². The molecule has 0 unspecified atom stereocenters. The summed E-state index contributed by atoms with van der Waals surface area (Å²) in [7, 11) is 1.64. The first-order valence-electron chi connectivity index (χ1n) is 7.17. The highest BCUT2D eigenvalue weighted by molar-refractivity contribution is 5.85. The molecule has 112 valence electrons. The Balaban J connectivity index is 3.06. The predicted octanol–water partition coefficient (Wildman–Crippen LogP) is 4.16. The van der Waals surface area contributed by atoms with Crippen molar-refractivity contribution in [2.45, 2.75) is 46.5 Å². The van der Waals surface area contributed by atoms with Gasteiger partial charge in [0, 0.05) is 23.9 Å². The lowest BCUT2D eigenvalue weighted by molar-refractivity contribution is 0.405. The van der Waals surface area contributed by atoms with Crippen molar-refractivity contribution in [3.63, 3.8) is 0 Å².